The first kappa shape index (κ1) is 84.5. The van der Waals surface area contributed by atoms with Gasteiger partial charge in [-0.05, 0) is 55.2 Å². The van der Waals surface area contributed by atoms with Crippen molar-refractivity contribution in [3.05, 3.63) is 263 Å². The number of aliphatic hydroxyl groups excluding tert-OH is 5. The number of azide groups is 1. The van der Waals surface area contributed by atoms with Crippen molar-refractivity contribution < 1.29 is 111 Å². The number of hydrogen-bond acceptors (Lipinski definition) is 24. The van der Waals surface area contributed by atoms with Crippen LogP contribution in [-0.2, 0) is 94.3 Å². The van der Waals surface area contributed by atoms with E-state index in [2.05, 4.69) is 43.2 Å². The van der Waals surface area contributed by atoms with E-state index in [1.165, 1.54) is 6.08 Å². The lowest BCUT2D eigenvalue weighted by atomic mass is 9.83. The van der Waals surface area contributed by atoms with Crippen molar-refractivity contribution in [2.75, 3.05) is 26.3 Å². The molecule has 3 saturated heterocycles. The van der Waals surface area contributed by atoms with Crippen LogP contribution >= 0.6 is 0 Å². The second kappa shape index (κ2) is 41.1. The van der Waals surface area contributed by atoms with Crippen molar-refractivity contribution in [1.82, 2.24) is 26.6 Å². The lowest BCUT2D eigenvalue weighted by molar-refractivity contribution is -0.311. The van der Waals surface area contributed by atoms with E-state index in [1.807, 2.05) is 81.4 Å². The Bertz CT molecular complexity index is 4190. The van der Waals surface area contributed by atoms with E-state index in [4.69, 9.17) is 61.3 Å². The summed E-state index contributed by atoms with van der Waals surface area (Å²) in [7, 11) is -3.63. The predicted molar refractivity (Wildman–Crippen MR) is 412 cm³/mol. The average molecular weight is 1590 g/mol. The van der Waals surface area contributed by atoms with Gasteiger partial charge in [-0.1, -0.05) is 244 Å². The first-order valence-electron chi connectivity index (χ1n) is 37.3. The summed E-state index contributed by atoms with van der Waals surface area (Å²) in [6, 6.07) is 56.3. The van der Waals surface area contributed by atoms with E-state index in [-0.39, 0.29) is 39.6 Å². The minimum atomic E-state index is -3.63. The zero-order valence-electron chi connectivity index (χ0n) is 63.0. The molecular weight excluding hydrogens is 1490 g/mol. The number of aliphatic hydroxyl groups is 5. The zero-order chi connectivity index (χ0) is 80.6. The van der Waals surface area contributed by atoms with Gasteiger partial charge in [-0.15, -0.1) is 6.58 Å². The van der Waals surface area contributed by atoms with Gasteiger partial charge >= 0.3 is 30.5 Å². The number of alkyl carbamates (subject to hydrolysis) is 5. The van der Waals surface area contributed by atoms with Gasteiger partial charge in [0, 0.05) is 11.5 Å². The van der Waals surface area contributed by atoms with Crippen molar-refractivity contribution in [2.45, 2.75) is 182 Å². The van der Waals surface area contributed by atoms with Crippen LogP contribution in [0.2, 0.25) is 5.04 Å². The number of nitrogens with one attached hydrogen (secondary N) is 5. The molecule has 0 radical (unpaired) electrons. The molecule has 3 heterocycles. The molecule has 0 unspecified atom stereocenters. The Morgan fingerprint density at radius 1 is 0.465 bits per heavy atom. The summed E-state index contributed by atoms with van der Waals surface area (Å²) in [5, 5.41) is 79.6. The van der Waals surface area contributed by atoms with Crippen LogP contribution in [0.4, 0.5) is 24.0 Å². The van der Waals surface area contributed by atoms with E-state index >= 15 is 0 Å². The number of hydrogen-bond donors (Lipinski definition) is 10. The lowest BCUT2D eigenvalue weighted by Gasteiger charge is -2.49. The second-order valence-corrected chi connectivity index (χ2v) is 32.9. The van der Waals surface area contributed by atoms with Crippen molar-refractivity contribution in [1.29, 1.82) is 0 Å². The van der Waals surface area contributed by atoms with Crippen LogP contribution in [0.15, 0.2) is 230 Å². The van der Waals surface area contributed by atoms with Crippen molar-refractivity contribution >= 4 is 49.2 Å². The molecule has 0 bridgehead atoms. The quantitative estimate of drug-likeness (QED) is 0.00502. The number of carbonyl (C=O) groups excluding carboxylic acids is 5. The molecule has 606 valence electrons. The summed E-state index contributed by atoms with van der Waals surface area (Å²) >= 11 is 0. The van der Waals surface area contributed by atoms with E-state index < -0.39 is 186 Å². The maximum atomic E-state index is 14.6. The highest BCUT2D eigenvalue weighted by Gasteiger charge is 2.59. The van der Waals surface area contributed by atoms with Crippen LogP contribution in [0.25, 0.3) is 10.4 Å². The smallest absolute Gasteiger partial charge is 0.407 e. The number of rotatable bonds is 32. The van der Waals surface area contributed by atoms with Crippen molar-refractivity contribution in [3.63, 3.8) is 0 Å². The first-order chi connectivity index (χ1) is 55.2. The van der Waals surface area contributed by atoms with E-state index in [9.17, 15) is 55.0 Å². The van der Waals surface area contributed by atoms with Gasteiger partial charge in [-0.25, -0.2) is 24.0 Å². The monoisotopic (exact) mass is 1590 g/mol. The highest BCUT2D eigenvalue weighted by atomic mass is 28.4. The Balaban J connectivity index is 1.02. The molecule has 32 heteroatoms. The Morgan fingerprint density at radius 2 is 0.833 bits per heavy atom. The fourth-order valence-corrected chi connectivity index (χ4v) is 18.7. The molecule has 1 aliphatic carbocycles. The van der Waals surface area contributed by atoms with Gasteiger partial charge in [-0.3, -0.25) is 0 Å². The summed E-state index contributed by atoms with van der Waals surface area (Å²) in [6.45, 7) is 7.10. The van der Waals surface area contributed by atoms with Crippen LogP contribution in [0.1, 0.15) is 55.0 Å². The second-order valence-electron chi connectivity index (χ2n) is 28.6. The maximum Gasteiger partial charge on any atom is 0.407 e. The van der Waals surface area contributed by atoms with Crippen molar-refractivity contribution in [2.24, 2.45) is 5.11 Å². The minimum absolute atomic E-state index is 0.132. The molecule has 7 aromatic rings. The molecule has 114 heavy (non-hydrogen) atoms. The van der Waals surface area contributed by atoms with Crippen LogP contribution in [0, 0.1) is 0 Å². The van der Waals surface area contributed by atoms with Gasteiger partial charge in [0.15, 0.2) is 18.9 Å². The number of nitrogens with zero attached hydrogens (tertiary/aromatic N) is 3. The Labute approximate surface area is 659 Å². The molecule has 10 N–H and O–H groups in total. The fourth-order valence-electron chi connectivity index (χ4n) is 14.1. The molecule has 7 aromatic carbocycles. The minimum Gasteiger partial charge on any atom is -0.445 e. The number of amides is 5. The Hall–Kier alpha value is -10.4. The average Bonchev–Trinajstić information content (AvgIpc) is 1.13. The van der Waals surface area contributed by atoms with Gasteiger partial charge in [-0.2, -0.15) is 0 Å². The van der Waals surface area contributed by atoms with Crippen LogP contribution in [0.5, 0.6) is 0 Å². The topological polar surface area (TPSA) is 415 Å². The lowest BCUT2D eigenvalue weighted by Crippen LogP contribution is -2.70. The largest absolute Gasteiger partial charge is 0.445 e. The van der Waals surface area contributed by atoms with Gasteiger partial charge in [0.05, 0.1) is 37.9 Å². The Morgan fingerprint density at radius 3 is 1.25 bits per heavy atom. The summed E-state index contributed by atoms with van der Waals surface area (Å²) < 4.78 is 84.2. The summed E-state index contributed by atoms with van der Waals surface area (Å²) in [5.74, 6) is 0. The third-order valence-electron chi connectivity index (χ3n) is 19.8. The zero-order valence-corrected chi connectivity index (χ0v) is 64.0. The molecule has 0 aromatic heterocycles. The van der Waals surface area contributed by atoms with Gasteiger partial charge < -0.3 is 113 Å². The molecule has 0 spiro atoms. The number of benzene rings is 7. The number of ether oxygens (including phenoxy) is 12. The van der Waals surface area contributed by atoms with E-state index in [0.717, 1.165) is 10.4 Å². The van der Waals surface area contributed by atoms with Crippen LogP contribution in [-0.4, -0.2) is 207 Å². The van der Waals surface area contributed by atoms with Crippen LogP contribution < -0.4 is 37.0 Å². The predicted octanol–water partition coefficient (Wildman–Crippen LogP) is 7.09. The van der Waals surface area contributed by atoms with E-state index in [0.29, 0.717) is 27.8 Å². The molecule has 3 aliphatic heterocycles. The molecule has 1 saturated carbocycles. The fraction of sp³-hybridized carbons (Fsp3) is 0.402. The molecule has 5 amide bonds. The van der Waals surface area contributed by atoms with Gasteiger partial charge in [0.1, 0.15) is 112 Å². The van der Waals surface area contributed by atoms with E-state index in [1.54, 1.807) is 152 Å². The highest BCUT2D eigenvalue weighted by molar-refractivity contribution is 6.99. The first-order valence-corrected chi connectivity index (χ1v) is 39.3. The Kier molecular flexibility index (Phi) is 30.5. The van der Waals surface area contributed by atoms with Crippen molar-refractivity contribution in [3.8, 4) is 0 Å². The standard InChI is InChI=1S/C82H96N8O23Si/c1-5-41-101-73-71(112-75-64(89-81(100)106-49-55-35-21-10-22-36-55)68(94)66(92)60(108-75)43-84-77(96)102-45-51-27-13-6-14-28-51)62(50-107-114(82(2,3)4,56-37-23-11-24-38-56)57-39-25-12-26-40-57)110-76(73)113-72-65(91)58(86-78(97)103-46-52-29-15-7-16-30-52)42-59(87-79(98)104-47-53-31-17-8-18-32-53)70(72)111-74-63(69(95)67(93)61(109-74)44-85-90-83)88-80(99)105-48-54-33-19-9-20-34-54/h5-40,58-76,91-95H,1,41-50H2,2-4H3,(H,84,96)(H,86,97)(H,87,98)(H,88,99)(H,89,100)/t58-,59+,60+,61-,62-,63-,64-,65+,66-,67-,68-,69-,70-,71-,72-,73-,74-,75-,76+/m1/s1. The molecular formula is C82H96N8O23Si. The molecule has 4 aliphatic rings. The van der Waals surface area contributed by atoms with Gasteiger partial charge in [0.25, 0.3) is 8.32 Å². The van der Waals surface area contributed by atoms with Gasteiger partial charge in [0.2, 0.25) is 0 Å². The normalized spacial score (nSPS) is 26.7. The molecule has 4 fully saturated rings. The molecule has 31 nitrogen and oxygen atoms in total. The molecule has 19 atom stereocenters. The molecule has 11 rings (SSSR count). The third-order valence-corrected chi connectivity index (χ3v) is 24.8. The number of carbonyl (C=O) groups is 5. The van der Waals surface area contributed by atoms with Crippen LogP contribution in [0.3, 0.4) is 0 Å². The summed E-state index contributed by atoms with van der Waals surface area (Å²) in [6.07, 6.45) is -31.2. The summed E-state index contributed by atoms with van der Waals surface area (Å²) in [4.78, 5) is 73.3. The maximum absolute atomic E-state index is 14.6. The SMILES string of the molecule is C=CCO[C@H]1[C@H](O[C@@H]2[C@@H](O)[C@H](NC(=O)OCc3ccccc3)C[C@H](NC(=O)OCc3ccccc3)[C@H]2O[C@H]2O[C@H](CN=[N+]=[N-])[C@@H](O)[C@H](O)[C@H]2NC(=O)OCc2ccccc2)O[C@H](CO[Si](c2ccccc2)(c2ccccc2)C(C)(C)C)[C@H]1O[C@H]1O[C@@H](CNC(=O)OCc2ccccc2)[C@@H](O)[C@H](O)[C@H]1NC(=O)OCc1ccccc1. The third kappa shape index (κ3) is 22.3. The summed E-state index contributed by atoms with van der Waals surface area (Å²) in [5.41, 5.74) is 12.6. The highest BCUT2D eigenvalue weighted by Crippen LogP contribution is 2.41.